The molecule has 0 spiro atoms. The lowest BCUT2D eigenvalue weighted by molar-refractivity contribution is 0.707. The van der Waals surface area contributed by atoms with Gasteiger partial charge in [-0.05, 0) is 23.6 Å². The van der Waals surface area contributed by atoms with Crippen LogP contribution in [0.3, 0.4) is 0 Å². The molecule has 2 aromatic carbocycles. The van der Waals surface area contributed by atoms with Crippen molar-refractivity contribution in [3.63, 3.8) is 0 Å². The number of halogens is 1. The van der Waals surface area contributed by atoms with Gasteiger partial charge in [0.2, 0.25) is 0 Å². The molecule has 2 aliphatic heterocycles. The number of fused-ring (bicyclic) bond motifs is 6. The second kappa shape index (κ2) is 5.91. The molecule has 0 radical (unpaired) electrons. The van der Waals surface area contributed by atoms with Gasteiger partial charge >= 0.3 is 0 Å². The highest BCUT2D eigenvalue weighted by molar-refractivity contribution is 6.29. The van der Waals surface area contributed by atoms with Crippen molar-refractivity contribution < 1.29 is 0 Å². The lowest BCUT2D eigenvalue weighted by Gasteiger charge is -2.36. The molecule has 0 aliphatic carbocycles. The van der Waals surface area contributed by atoms with Crippen molar-refractivity contribution in [3.8, 4) is 11.1 Å². The third-order valence-corrected chi connectivity index (χ3v) is 5.70. The summed E-state index contributed by atoms with van der Waals surface area (Å²) < 4.78 is 0. The first-order valence-corrected chi connectivity index (χ1v) is 9.71. The van der Waals surface area contributed by atoms with Crippen molar-refractivity contribution in [1.29, 1.82) is 0 Å². The minimum absolute atomic E-state index is 0.382. The first kappa shape index (κ1) is 15.8. The molecule has 28 heavy (non-hydrogen) atoms. The van der Waals surface area contributed by atoms with E-state index in [1.54, 1.807) is 6.20 Å². The maximum absolute atomic E-state index is 6.20. The highest BCUT2D eigenvalue weighted by atomic mass is 35.5. The highest BCUT2D eigenvalue weighted by Gasteiger charge is 2.36. The van der Waals surface area contributed by atoms with Crippen molar-refractivity contribution in [2.24, 2.45) is 0 Å². The SMILES string of the molecule is Clc1cnc2nc3c(c(-c4ccccc4)c2n1)CN1c2ccccc2CCN31. The number of para-hydroxylation sites is 1. The van der Waals surface area contributed by atoms with E-state index in [4.69, 9.17) is 16.6 Å². The van der Waals surface area contributed by atoms with Gasteiger partial charge in [-0.2, -0.15) is 0 Å². The molecule has 0 saturated carbocycles. The summed E-state index contributed by atoms with van der Waals surface area (Å²) in [6, 6.07) is 18.9. The fourth-order valence-corrected chi connectivity index (χ4v) is 4.44. The fraction of sp³-hybridized carbons (Fsp3) is 0.136. The molecule has 2 aliphatic rings. The molecule has 6 rings (SSSR count). The van der Waals surface area contributed by atoms with Crippen molar-refractivity contribution in [2.45, 2.75) is 13.0 Å². The van der Waals surface area contributed by atoms with Crippen LogP contribution in [-0.4, -0.2) is 21.5 Å². The number of rotatable bonds is 1. The minimum atomic E-state index is 0.382. The van der Waals surface area contributed by atoms with Gasteiger partial charge in [-0.25, -0.2) is 15.0 Å². The summed E-state index contributed by atoms with van der Waals surface area (Å²) in [6.45, 7) is 1.66. The van der Waals surface area contributed by atoms with E-state index in [0.717, 1.165) is 42.0 Å². The van der Waals surface area contributed by atoms with Gasteiger partial charge in [0, 0.05) is 17.7 Å². The average molecular weight is 386 g/mol. The Morgan fingerprint density at radius 3 is 2.61 bits per heavy atom. The molecule has 0 fully saturated rings. The lowest BCUT2D eigenvalue weighted by Crippen LogP contribution is -2.43. The lowest BCUT2D eigenvalue weighted by atomic mass is 9.99. The second-order valence-corrected chi connectivity index (χ2v) is 7.47. The molecule has 2 aromatic heterocycles. The van der Waals surface area contributed by atoms with Gasteiger partial charge in [0.15, 0.2) is 11.5 Å². The van der Waals surface area contributed by atoms with Crippen LogP contribution in [0.25, 0.3) is 22.3 Å². The summed E-state index contributed by atoms with van der Waals surface area (Å²) >= 11 is 6.20. The first-order valence-electron chi connectivity index (χ1n) is 9.33. The largest absolute Gasteiger partial charge is 0.279 e. The molecule has 5 nitrogen and oxygen atoms in total. The molecular formula is C22H16ClN5. The zero-order valence-electron chi connectivity index (χ0n) is 15.0. The summed E-state index contributed by atoms with van der Waals surface area (Å²) in [7, 11) is 0. The van der Waals surface area contributed by atoms with Gasteiger partial charge < -0.3 is 0 Å². The van der Waals surface area contributed by atoms with Crippen LogP contribution in [-0.2, 0) is 13.0 Å². The highest BCUT2D eigenvalue weighted by Crippen LogP contribution is 2.44. The Kier molecular flexibility index (Phi) is 3.34. The Morgan fingerprint density at radius 2 is 1.71 bits per heavy atom. The predicted molar refractivity (Wildman–Crippen MR) is 111 cm³/mol. The van der Waals surface area contributed by atoms with Crippen LogP contribution in [0, 0.1) is 0 Å². The summed E-state index contributed by atoms with van der Waals surface area (Å²) in [5.41, 5.74) is 7.35. The van der Waals surface area contributed by atoms with Crippen LogP contribution in [0.5, 0.6) is 0 Å². The first-order chi connectivity index (χ1) is 13.8. The maximum Gasteiger partial charge on any atom is 0.181 e. The smallest absolute Gasteiger partial charge is 0.181 e. The van der Waals surface area contributed by atoms with Crippen molar-refractivity contribution >= 4 is 34.3 Å². The van der Waals surface area contributed by atoms with E-state index in [9.17, 15) is 0 Å². The van der Waals surface area contributed by atoms with Crippen LogP contribution >= 0.6 is 11.6 Å². The Morgan fingerprint density at radius 1 is 0.893 bits per heavy atom. The molecule has 0 atom stereocenters. The summed E-state index contributed by atoms with van der Waals surface area (Å²) in [6.07, 6.45) is 2.56. The number of benzene rings is 2. The predicted octanol–water partition coefficient (Wildman–Crippen LogP) is 4.64. The standard InChI is InChI=1S/C22H16ClN5/c23-18-12-24-21-20(25-18)19(15-7-2-1-3-8-15)16-13-28-17-9-5-4-6-14(17)10-11-27(28)22(16)26-21/h1-9,12H,10-11,13H2. The number of hydrazine groups is 1. The van der Waals surface area contributed by atoms with E-state index < -0.39 is 0 Å². The third-order valence-electron chi connectivity index (χ3n) is 5.51. The minimum Gasteiger partial charge on any atom is -0.279 e. The zero-order chi connectivity index (χ0) is 18.7. The van der Waals surface area contributed by atoms with Gasteiger partial charge in [0.05, 0.1) is 18.4 Å². The molecule has 4 aromatic rings. The van der Waals surface area contributed by atoms with E-state index >= 15 is 0 Å². The van der Waals surface area contributed by atoms with E-state index in [1.807, 2.05) is 18.2 Å². The van der Waals surface area contributed by atoms with Crippen molar-refractivity contribution in [1.82, 2.24) is 15.0 Å². The second-order valence-electron chi connectivity index (χ2n) is 7.08. The van der Waals surface area contributed by atoms with E-state index in [2.05, 4.69) is 56.4 Å². The molecular weight excluding hydrogens is 370 g/mol. The van der Waals surface area contributed by atoms with Crippen LogP contribution in [0.15, 0.2) is 60.8 Å². The summed E-state index contributed by atoms with van der Waals surface area (Å²) in [5.74, 6) is 0.970. The maximum atomic E-state index is 6.20. The topological polar surface area (TPSA) is 45.2 Å². The zero-order valence-corrected chi connectivity index (χ0v) is 15.8. The number of pyridine rings is 1. The Bertz CT molecular complexity index is 1220. The molecule has 4 heterocycles. The Hall–Kier alpha value is -3.18. The van der Waals surface area contributed by atoms with Crippen molar-refractivity contribution in [2.75, 3.05) is 16.6 Å². The van der Waals surface area contributed by atoms with Crippen molar-refractivity contribution in [3.05, 3.63) is 77.1 Å². The number of anilines is 2. The molecule has 0 amide bonds. The monoisotopic (exact) mass is 385 g/mol. The third kappa shape index (κ3) is 2.23. The molecule has 136 valence electrons. The fourth-order valence-electron chi connectivity index (χ4n) is 4.30. The quantitative estimate of drug-likeness (QED) is 0.477. The van der Waals surface area contributed by atoms with Gasteiger partial charge in [0.25, 0.3) is 0 Å². The number of nitrogens with zero attached hydrogens (tertiary/aromatic N) is 5. The number of hydrogen-bond acceptors (Lipinski definition) is 5. The van der Waals surface area contributed by atoms with Crippen LogP contribution < -0.4 is 10.0 Å². The van der Waals surface area contributed by atoms with Gasteiger partial charge in [-0.1, -0.05) is 60.1 Å². The van der Waals surface area contributed by atoms with Crippen LogP contribution in [0.4, 0.5) is 11.5 Å². The summed E-state index contributed by atoms with van der Waals surface area (Å²) in [4.78, 5) is 14.0. The summed E-state index contributed by atoms with van der Waals surface area (Å²) in [5, 5.41) is 4.98. The molecule has 0 bridgehead atoms. The number of hydrogen-bond donors (Lipinski definition) is 0. The van der Waals surface area contributed by atoms with E-state index in [1.165, 1.54) is 16.8 Å². The van der Waals surface area contributed by atoms with Gasteiger partial charge in [-0.15, -0.1) is 0 Å². The number of aromatic nitrogens is 3. The Labute approximate surface area is 167 Å². The van der Waals surface area contributed by atoms with E-state index in [-0.39, 0.29) is 0 Å². The normalized spacial score (nSPS) is 14.8. The van der Waals surface area contributed by atoms with Crippen LogP contribution in [0.2, 0.25) is 5.15 Å². The molecule has 0 saturated heterocycles. The van der Waals surface area contributed by atoms with Crippen LogP contribution in [0.1, 0.15) is 11.1 Å². The van der Waals surface area contributed by atoms with Gasteiger partial charge in [0.1, 0.15) is 10.7 Å². The molecule has 0 N–H and O–H groups in total. The average Bonchev–Trinajstić information content (AvgIpc) is 3.11. The van der Waals surface area contributed by atoms with E-state index in [0.29, 0.717) is 10.8 Å². The Balaban J connectivity index is 1.64. The molecule has 0 unspecified atom stereocenters. The molecule has 6 heteroatoms. The van der Waals surface area contributed by atoms with Gasteiger partial charge in [-0.3, -0.25) is 10.0 Å².